The van der Waals surface area contributed by atoms with Gasteiger partial charge in [-0.05, 0) is 31.0 Å². The maximum atomic E-state index is 12.3. The fourth-order valence-corrected chi connectivity index (χ4v) is 2.78. The molecule has 1 aliphatic heterocycles. The number of rotatable bonds is 4. The predicted molar refractivity (Wildman–Crippen MR) is 83.9 cm³/mol. The Bertz CT molecular complexity index is 514. The van der Waals surface area contributed by atoms with E-state index in [1.807, 2.05) is 0 Å². The number of alkyl halides is 1. The van der Waals surface area contributed by atoms with Crippen molar-refractivity contribution in [2.24, 2.45) is 0 Å². The highest BCUT2D eigenvalue weighted by Gasteiger charge is 2.24. The van der Waals surface area contributed by atoms with Crippen LogP contribution in [0.25, 0.3) is 0 Å². The van der Waals surface area contributed by atoms with Gasteiger partial charge in [-0.3, -0.25) is 9.59 Å². The van der Waals surface area contributed by atoms with Crippen LogP contribution in [0.15, 0.2) is 24.3 Å². The second-order valence-electron chi connectivity index (χ2n) is 5.08. The van der Waals surface area contributed by atoms with Crippen molar-refractivity contribution in [3.8, 4) is 0 Å². The molecule has 0 radical (unpaired) electrons. The fraction of sp³-hybridized carbons (Fsp3) is 0.467. The average Bonchev–Trinajstić information content (AvgIpc) is 2.47. The molecule has 1 aromatic carbocycles. The van der Waals surface area contributed by atoms with Crippen LogP contribution in [0, 0.1) is 0 Å². The van der Waals surface area contributed by atoms with Gasteiger partial charge in [-0.1, -0.05) is 17.7 Å². The Labute approximate surface area is 134 Å². The Balaban J connectivity index is 1.86. The van der Waals surface area contributed by atoms with E-state index in [0.717, 1.165) is 12.8 Å². The van der Waals surface area contributed by atoms with Crippen molar-refractivity contribution in [3.05, 3.63) is 34.9 Å². The van der Waals surface area contributed by atoms with Crippen molar-refractivity contribution in [2.75, 3.05) is 19.0 Å². The van der Waals surface area contributed by atoms with Crippen LogP contribution < -0.4 is 5.32 Å². The van der Waals surface area contributed by atoms with Crippen LogP contribution in [0.5, 0.6) is 0 Å². The maximum Gasteiger partial charge on any atom is 0.253 e. The summed E-state index contributed by atoms with van der Waals surface area (Å²) in [5.74, 6) is 0.297. The Kier molecular flexibility index (Phi) is 5.88. The smallest absolute Gasteiger partial charge is 0.253 e. The SMILES string of the molecule is O=C(CCCl)NC1CCN(C(=O)c2cccc(Cl)c2)CC1. The highest BCUT2D eigenvalue weighted by molar-refractivity contribution is 6.30. The lowest BCUT2D eigenvalue weighted by Crippen LogP contribution is -2.46. The van der Waals surface area contributed by atoms with Crippen molar-refractivity contribution in [3.63, 3.8) is 0 Å². The minimum absolute atomic E-state index is 0.0111. The lowest BCUT2D eigenvalue weighted by Gasteiger charge is -2.32. The van der Waals surface area contributed by atoms with Crippen molar-refractivity contribution < 1.29 is 9.59 Å². The topological polar surface area (TPSA) is 49.4 Å². The third kappa shape index (κ3) is 4.61. The molecule has 0 aromatic heterocycles. The molecule has 1 saturated heterocycles. The van der Waals surface area contributed by atoms with E-state index in [1.165, 1.54) is 0 Å². The molecule has 2 rings (SSSR count). The quantitative estimate of drug-likeness (QED) is 0.864. The first-order valence-corrected chi connectivity index (χ1v) is 7.91. The number of hydrogen-bond acceptors (Lipinski definition) is 2. The molecule has 1 fully saturated rings. The van der Waals surface area contributed by atoms with Gasteiger partial charge in [0.25, 0.3) is 5.91 Å². The van der Waals surface area contributed by atoms with Crippen LogP contribution in [0.2, 0.25) is 5.02 Å². The first kappa shape index (κ1) is 16.1. The van der Waals surface area contributed by atoms with Crippen molar-refractivity contribution >= 4 is 35.0 Å². The standard InChI is InChI=1S/C15H18Cl2N2O2/c16-7-4-14(20)18-13-5-8-19(9-6-13)15(21)11-2-1-3-12(17)10-11/h1-3,10,13H,4-9H2,(H,18,20). The number of nitrogens with zero attached hydrogens (tertiary/aromatic N) is 1. The molecule has 0 unspecified atom stereocenters. The van der Waals surface area contributed by atoms with E-state index in [4.69, 9.17) is 23.2 Å². The first-order chi connectivity index (χ1) is 10.1. The molecule has 1 aliphatic rings. The molecule has 0 bridgehead atoms. The van der Waals surface area contributed by atoms with Gasteiger partial charge in [0.2, 0.25) is 5.91 Å². The maximum absolute atomic E-state index is 12.3. The molecule has 0 saturated carbocycles. The van der Waals surface area contributed by atoms with E-state index in [-0.39, 0.29) is 17.9 Å². The van der Waals surface area contributed by atoms with Gasteiger partial charge in [0, 0.05) is 42.0 Å². The summed E-state index contributed by atoms with van der Waals surface area (Å²) in [5, 5.41) is 3.51. The number of amides is 2. The molecule has 1 N–H and O–H groups in total. The van der Waals surface area contributed by atoms with Crippen LogP contribution in [0.3, 0.4) is 0 Å². The van der Waals surface area contributed by atoms with Crippen LogP contribution in [-0.4, -0.2) is 41.7 Å². The van der Waals surface area contributed by atoms with E-state index < -0.39 is 0 Å². The van der Waals surface area contributed by atoms with Gasteiger partial charge >= 0.3 is 0 Å². The lowest BCUT2D eigenvalue weighted by atomic mass is 10.0. The zero-order chi connectivity index (χ0) is 15.2. The van der Waals surface area contributed by atoms with E-state index in [9.17, 15) is 9.59 Å². The number of hydrogen-bond donors (Lipinski definition) is 1. The summed E-state index contributed by atoms with van der Waals surface area (Å²) in [6.07, 6.45) is 1.86. The third-order valence-electron chi connectivity index (χ3n) is 3.54. The number of nitrogens with one attached hydrogen (secondary N) is 1. The summed E-state index contributed by atoms with van der Waals surface area (Å²) < 4.78 is 0. The van der Waals surface area contributed by atoms with Gasteiger partial charge in [0.1, 0.15) is 0 Å². The van der Waals surface area contributed by atoms with Gasteiger partial charge in [-0.2, -0.15) is 0 Å². The van der Waals surface area contributed by atoms with Gasteiger partial charge in [-0.25, -0.2) is 0 Å². The summed E-state index contributed by atoms with van der Waals surface area (Å²) in [5.41, 5.74) is 0.604. The molecular formula is C15H18Cl2N2O2. The minimum Gasteiger partial charge on any atom is -0.353 e. The molecule has 1 heterocycles. The minimum atomic E-state index is -0.0235. The van der Waals surface area contributed by atoms with Gasteiger partial charge in [0.15, 0.2) is 0 Å². The average molecular weight is 329 g/mol. The van der Waals surface area contributed by atoms with Crippen molar-refractivity contribution in [2.45, 2.75) is 25.3 Å². The Morgan fingerprint density at radius 2 is 2.00 bits per heavy atom. The number of piperidine rings is 1. The highest BCUT2D eigenvalue weighted by atomic mass is 35.5. The summed E-state index contributed by atoms with van der Waals surface area (Å²) in [6.45, 7) is 1.27. The Morgan fingerprint density at radius 3 is 2.62 bits per heavy atom. The molecule has 6 heteroatoms. The highest BCUT2D eigenvalue weighted by Crippen LogP contribution is 2.17. The third-order valence-corrected chi connectivity index (χ3v) is 3.96. The fourth-order valence-electron chi connectivity index (χ4n) is 2.42. The number of likely N-dealkylation sites (tertiary alicyclic amines) is 1. The monoisotopic (exact) mass is 328 g/mol. The number of carbonyl (C=O) groups excluding carboxylic acids is 2. The largest absolute Gasteiger partial charge is 0.353 e. The molecule has 114 valence electrons. The zero-order valence-electron chi connectivity index (χ0n) is 11.6. The van der Waals surface area contributed by atoms with Crippen molar-refractivity contribution in [1.82, 2.24) is 10.2 Å². The lowest BCUT2D eigenvalue weighted by molar-refractivity contribution is -0.121. The Hall–Kier alpha value is -1.26. The second kappa shape index (κ2) is 7.66. The molecule has 2 amide bonds. The molecule has 0 atom stereocenters. The summed E-state index contributed by atoms with van der Waals surface area (Å²) in [6, 6.07) is 7.09. The van der Waals surface area contributed by atoms with Gasteiger partial charge in [0.05, 0.1) is 0 Å². The van der Waals surface area contributed by atoms with E-state index in [1.54, 1.807) is 29.2 Å². The number of carbonyl (C=O) groups is 2. The first-order valence-electron chi connectivity index (χ1n) is 7.00. The zero-order valence-corrected chi connectivity index (χ0v) is 13.2. The van der Waals surface area contributed by atoms with Crippen molar-refractivity contribution in [1.29, 1.82) is 0 Å². The van der Waals surface area contributed by atoms with Gasteiger partial charge < -0.3 is 10.2 Å². The molecule has 21 heavy (non-hydrogen) atoms. The number of benzene rings is 1. The predicted octanol–water partition coefficient (Wildman–Crippen LogP) is 2.69. The van der Waals surface area contributed by atoms with E-state index >= 15 is 0 Å². The van der Waals surface area contributed by atoms with E-state index in [0.29, 0.717) is 36.0 Å². The molecule has 4 nitrogen and oxygen atoms in total. The second-order valence-corrected chi connectivity index (χ2v) is 5.90. The molecular weight excluding hydrogens is 311 g/mol. The summed E-state index contributed by atoms with van der Waals surface area (Å²) >= 11 is 11.4. The Morgan fingerprint density at radius 1 is 1.29 bits per heavy atom. The summed E-state index contributed by atoms with van der Waals surface area (Å²) in [4.78, 5) is 25.6. The van der Waals surface area contributed by atoms with E-state index in [2.05, 4.69) is 5.32 Å². The normalized spacial score (nSPS) is 15.8. The molecule has 0 spiro atoms. The number of halogens is 2. The van der Waals surface area contributed by atoms with Crippen LogP contribution in [0.1, 0.15) is 29.6 Å². The van der Waals surface area contributed by atoms with Crippen LogP contribution >= 0.6 is 23.2 Å². The van der Waals surface area contributed by atoms with Crippen LogP contribution in [-0.2, 0) is 4.79 Å². The van der Waals surface area contributed by atoms with Crippen LogP contribution in [0.4, 0.5) is 0 Å². The van der Waals surface area contributed by atoms with Gasteiger partial charge in [-0.15, -0.1) is 11.6 Å². The molecule has 0 aliphatic carbocycles. The summed E-state index contributed by atoms with van der Waals surface area (Å²) in [7, 11) is 0. The molecule has 1 aromatic rings.